The highest BCUT2D eigenvalue weighted by molar-refractivity contribution is 6.59. The fourth-order valence-electron chi connectivity index (χ4n) is 2.82. The highest BCUT2D eigenvalue weighted by Gasteiger charge is 2.44. The molecule has 0 aromatic heterocycles. The zero-order valence-corrected chi connectivity index (χ0v) is 9.51. The first-order chi connectivity index (χ1) is 8.13. The second-order valence-electron chi connectivity index (χ2n) is 5.17. The summed E-state index contributed by atoms with van der Waals surface area (Å²) in [6.45, 7) is 2.85. The van der Waals surface area contributed by atoms with Crippen molar-refractivity contribution in [2.45, 2.75) is 13.0 Å². The Morgan fingerprint density at radius 3 is 2.65 bits per heavy atom. The first-order valence-corrected chi connectivity index (χ1v) is 6.00. The van der Waals surface area contributed by atoms with E-state index in [-0.39, 0.29) is 5.46 Å². The molecule has 1 heterocycles. The van der Waals surface area contributed by atoms with Crippen LogP contribution in [0.25, 0.3) is 0 Å². The fourth-order valence-corrected chi connectivity index (χ4v) is 2.82. The molecule has 90 valence electrons. The third kappa shape index (κ3) is 2.23. The van der Waals surface area contributed by atoms with Crippen molar-refractivity contribution in [2.24, 2.45) is 11.8 Å². The molecule has 5 heteroatoms. The van der Waals surface area contributed by atoms with Gasteiger partial charge in [-0.15, -0.1) is 0 Å². The van der Waals surface area contributed by atoms with Crippen LogP contribution < -0.4 is 5.46 Å². The maximum atomic E-state index is 13.1. The van der Waals surface area contributed by atoms with Crippen molar-refractivity contribution in [3.63, 3.8) is 0 Å². The van der Waals surface area contributed by atoms with Crippen molar-refractivity contribution >= 4 is 12.6 Å². The Labute approximate surface area is 100 Å². The number of piperidine rings is 1. The smallest absolute Gasteiger partial charge is 0.423 e. The second kappa shape index (κ2) is 4.08. The summed E-state index contributed by atoms with van der Waals surface area (Å²) in [5.41, 5.74) is 1.09. The first kappa shape index (κ1) is 11.2. The number of hydrogen-bond acceptors (Lipinski definition) is 3. The summed E-state index contributed by atoms with van der Waals surface area (Å²) in [6, 6.07) is 4.23. The van der Waals surface area contributed by atoms with Gasteiger partial charge >= 0.3 is 7.12 Å². The quantitative estimate of drug-likeness (QED) is 0.722. The number of rotatable bonds is 3. The topological polar surface area (TPSA) is 43.7 Å². The third-order valence-corrected chi connectivity index (χ3v) is 3.83. The van der Waals surface area contributed by atoms with Crippen LogP contribution in [0.1, 0.15) is 12.0 Å². The van der Waals surface area contributed by atoms with Gasteiger partial charge in [-0.1, -0.05) is 6.07 Å². The Kier molecular flexibility index (Phi) is 2.69. The van der Waals surface area contributed by atoms with Gasteiger partial charge in [-0.2, -0.15) is 0 Å². The first-order valence-electron chi connectivity index (χ1n) is 6.00. The van der Waals surface area contributed by atoms with Gasteiger partial charge in [0.25, 0.3) is 0 Å². The third-order valence-electron chi connectivity index (χ3n) is 3.83. The molecule has 3 rings (SSSR count). The molecule has 1 aliphatic carbocycles. The van der Waals surface area contributed by atoms with Gasteiger partial charge in [0, 0.05) is 19.6 Å². The normalized spacial score (nSPS) is 27.0. The van der Waals surface area contributed by atoms with E-state index < -0.39 is 12.9 Å². The predicted octanol–water partition coefficient (Wildman–Crippen LogP) is -0.0428. The molecular formula is C12H15BFNO2. The Hall–Kier alpha value is -0.905. The summed E-state index contributed by atoms with van der Waals surface area (Å²) in [5, 5.41) is 18.5. The van der Waals surface area contributed by atoms with E-state index in [0.29, 0.717) is 6.54 Å². The van der Waals surface area contributed by atoms with E-state index >= 15 is 0 Å². The van der Waals surface area contributed by atoms with Gasteiger partial charge in [0.05, 0.1) is 0 Å². The molecule has 1 aromatic carbocycles. The van der Waals surface area contributed by atoms with Crippen LogP contribution in [0.3, 0.4) is 0 Å². The average molecular weight is 235 g/mol. The Morgan fingerprint density at radius 2 is 2.00 bits per heavy atom. The van der Waals surface area contributed by atoms with Crippen LogP contribution in [-0.4, -0.2) is 35.2 Å². The summed E-state index contributed by atoms with van der Waals surface area (Å²) in [7, 11) is -1.60. The number of nitrogens with zero attached hydrogens (tertiary/aromatic N) is 1. The lowest BCUT2D eigenvalue weighted by molar-refractivity contribution is 0.297. The SMILES string of the molecule is OB(O)c1cc(F)ccc1CN1CC2CC2C1. The van der Waals surface area contributed by atoms with E-state index in [1.165, 1.54) is 18.6 Å². The molecule has 1 aliphatic heterocycles. The average Bonchev–Trinajstić information content (AvgIpc) is 2.89. The summed E-state index contributed by atoms with van der Waals surface area (Å²) in [6.07, 6.45) is 1.34. The Balaban J connectivity index is 1.77. The van der Waals surface area contributed by atoms with Crippen molar-refractivity contribution in [3.05, 3.63) is 29.6 Å². The van der Waals surface area contributed by atoms with Gasteiger partial charge in [0.15, 0.2) is 0 Å². The summed E-state index contributed by atoms with van der Waals surface area (Å²) in [5.74, 6) is 1.26. The fraction of sp³-hybridized carbons (Fsp3) is 0.500. The van der Waals surface area contributed by atoms with Gasteiger partial charge in [-0.05, 0) is 41.4 Å². The number of fused-ring (bicyclic) bond motifs is 1. The van der Waals surface area contributed by atoms with Crippen LogP contribution in [0.4, 0.5) is 4.39 Å². The molecule has 1 aromatic rings. The summed E-state index contributed by atoms with van der Waals surface area (Å²) < 4.78 is 13.1. The van der Waals surface area contributed by atoms with E-state index in [4.69, 9.17) is 0 Å². The molecule has 2 unspecified atom stereocenters. The van der Waals surface area contributed by atoms with E-state index in [0.717, 1.165) is 30.5 Å². The van der Waals surface area contributed by atoms with E-state index in [1.807, 2.05) is 0 Å². The molecule has 0 amide bonds. The maximum absolute atomic E-state index is 13.1. The lowest BCUT2D eigenvalue weighted by atomic mass is 9.77. The molecule has 17 heavy (non-hydrogen) atoms. The zero-order valence-electron chi connectivity index (χ0n) is 9.51. The van der Waals surface area contributed by atoms with Crippen LogP contribution in [-0.2, 0) is 6.54 Å². The molecule has 1 saturated heterocycles. The van der Waals surface area contributed by atoms with Crippen molar-refractivity contribution in [1.29, 1.82) is 0 Å². The van der Waals surface area contributed by atoms with Gasteiger partial charge in [0.1, 0.15) is 5.82 Å². The van der Waals surface area contributed by atoms with E-state index in [2.05, 4.69) is 4.90 Å². The minimum absolute atomic E-state index is 0.283. The molecule has 0 radical (unpaired) electrons. The molecule has 1 saturated carbocycles. The van der Waals surface area contributed by atoms with Crippen molar-refractivity contribution in [2.75, 3.05) is 13.1 Å². The van der Waals surface area contributed by atoms with E-state index in [1.54, 1.807) is 6.07 Å². The van der Waals surface area contributed by atoms with Gasteiger partial charge < -0.3 is 10.0 Å². The number of likely N-dealkylation sites (tertiary alicyclic amines) is 1. The van der Waals surface area contributed by atoms with Crippen molar-refractivity contribution in [3.8, 4) is 0 Å². The predicted molar refractivity (Wildman–Crippen MR) is 63.1 cm³/mol. The van der Waals surface area contributed by atoms with Crippen LogP contribution in [0.5, 0.6) is 0 Å². The molecule has 2 aliphatic rings. The van der Waals surface area contributed by atoms with Gasteiger partial charge in [-0.25, -0.2) is 4.39 Å². The number of halogens is 1. The molecule has 3 nitrogen and oxygen atoms in total. The van der Waals surface area contributed by atoms with Crippen molar-refractivity contribution < 1.29 is 14.4 Å². The number of hydrogen-bond donors (Lipinski definition) is 2. The minimum Gasteiger partial charge on any atom is -0.423 e. The highest BCUT2D eigenvalue weighted by atomic mass is 19.1. The molecule has 2 atom stereocenters. The summed E-state index contributed by atoms with van der Waals surface area (Å²) in [4.78, 5) is 2.30. The van der Waals surface area contributed by atoms with Crippen LogP contribution in [0.2, 0.25) is 0 Å². The van der Waals surface area contributed by atoms with Gasteiger partial charge in [0.2, 0.25) is 0 Å². The maximum Gasteiger partial charge on any atom is 0.488 e. The Morgan fingerprint density at radius 1 is 1.29 bits per heavy atom. The Bertz CT molecular complexity index is 431. The monoisotopic (exact) mass is 235 g/mol. The van der Waals surface area contributed by atoms with Crippen LogP contribution >= 0.6 is 0 Å². The standard InChI is InChI=1S/C12H15BFNO2/c14-11-2-1-8(12(4-11)13(16)17)5-15-6-9-3-10(9)7-15/h1-2,4,9-10,16-17H,3,5-7H2. The molecular weight excluding hydrogens is 220 g/mol. The molecule has 0 spiro atoms. The number of benzene rings is 1. The lowest BCUT2D eigenvalue weighted by Crippen LogP contribution is -2.36. The molecule has 2 N–H and O–H groups in total. The minimum atomic E-state index is -1.60. The highest BCUT2D eigenvalue weighted by Crippen LogP contribution is 2.45. The van der Waals surface area contributed by atoms with Crippen LogP contribution in [0.15, 0.2) is 18.2 Å². The lowest BCUT2D eigenvalue weighted by Gasteiger charge is -2.19. The molecule has 0 bridgehead atoms. The van der Waals surface area contributed by atoms with Gasteiger partial charge in [-0.3, -0.25) is 4.90 Å². The van der Waals surface area contributed by atoms with Crippen molar-refractivity contribution in [1.82, 2.24) is 4.90 Å². The van der Waals surface area contributed by atoms with Crippen LogP contribution in [0, 0.1) is 17.7 Å². The van der Waals surface area contributed by atoms with E-state index in [9.17, 15) is 14.4 Å². The largest absolute Gasteiger partial charge is 0.488 e. The zero-order chi connectivity index (χ0) is 12.0. The summed E-state index contributed by atoms with van der Waals surface area (Å²) >= 11 is 0. The second-order valence-corrected chi connectivity index (χ2v) is 5.17. The molecule has 2 fully saturated rings.